The van der Waals surface area contributed by atoms with Gasteiger partial charge in [0.25, 0.3) is 0 Å². The molecular weight excluding hydrogens is 380 g/mol. The van der Waals surface area contributed by atoms with Gasteiger partial charge in [0.2, 0.25) is 0 Å². The van der Waals surface area contributed by atoms with Gasteiger partial charge in [0.15, 0.2) is 0 Å². The van der Waals surface area contributed by atoms with Crippen LogP contribution >= 0.6 is 11.6 Å². The van der Waals surface area contributed by atoms with Gasteiger partial charge in [-0.25, -0.2) is 0 Å². The number of alkyl halides is 1. The molecule has 0 amide bonds. The number of halogens is 1. The Morgan fingerprint density at radius 1 is 0.759 bits per heavy atom. The molecule has 0 aromatic carbocycles. The van der Waals surface area contributed by atoms with Gasteiger partial charge in [-0.2, -0.15) is 0 Å². The lowest BCUT2D eigenvalue weighted by molar-refractivity contribution is -0.137. The van der Waals surface area contributed by atoms with E-state index in [0.717, 1.165) is 24.6 Å². The monoisotopic (exact) mass is 430 g/mol. The van der Waals surface area contributed by atoms with Crippen molar-refractivity contribution < 1.29 is 9.90 Å². The van der Waals surface area contributed by atoms with Crippen molar-refractivity contribution in [1.82, 2.24) is 0 Å². The lowest BCUT2D eigenvalue weighted by Gasteiger charge is -2.08. The number of hydrogen-bond acceptors (Lipinski definition) is 1. The SMILES string of the molecule is CCCCC(CC)CCl.CCCCCCCC/C=C\CCCCCCCC(=O)O. The summed E-state index contributed by atoms with van der Waals surface area (Å²) in [7, 11) is 0. The Hall–Kier alpha value is -0.500. The summed E-state index contributed by atoms with van der Waals surface area (Å²) in [5.74, 6) is 0.950. The number of carboxylic acid groups (broad SMARTS) is 1. The summed E-state index contributed by atoms with van der Waals surface area (Å²) in [5.41, 5.74) is 0. The predicted octanol–water partition coefficient (Wildman–Crippen LogP) is 9.55. The van der Waals surface area contributed by atoms with E-state index in [-0.39, 0.29) is 0 Å². The van der Waals surface area contributed by atoms with Crippen LogP contribution in [0.15, 0.2) is 12.2 Å². The summed E-state index contributed by atoms with van der Waals surface area (Å²) < 4.78 is 0. The average molecular weight is 431 g/mol. The van der Waals surface area contributed by atoms with Crippen LogP contribution in [0.5, 0.6) is 0 Å². The van der Waals surface area contributed by atoms with E-state index in [1.807, 2.05) is 0 Å². The molecule has 0 saturated carbocycles. The number of carbonyl (C=O) groups is 1. The third-order valence-electron chi connectivity index (χ3n) is 5.41. The molecule has 174 valence electrons. The number of aliphatic carboxylic acids is 1. The van der Waals surface area contributed by atoms with E-state index in [2.05, 4.69) is 32.9 Å². The van der Waals surface area contributed by atoms with Gasteiger partial charge in [0.05, 0.1) is 0 Å². The first kappa shape index (κ1) is 30.7. The quantitative estimate of drug-likeness (QED) is 0.118. The molecule has 0 saturated heterocycles. The van der Waals surface area contributed by atoms with Crippen LogP contribution in [-0.4, -0.2) is 17.0 Å². The molecule has 0 aromatic rings. The first-order chi connectivity index (χ1) is 14.1. The minimum atomic E-state index is -0.664. The normalized spacial score (nSPS) is 12.0. The van der Waals surface area contributed by atoms with Gasteiger partial charge in [-0.15, -0.1) is 11.6 Å². The highest BCUT2D eigenvalue weighted by Gasteiger charge is 2.01. The maximum absolute atomic E-state index is 10.3. The van der Waals surface area contributed by atoms with Crippen LogP contribution in [0.25, 0.3) is 0 Å². The average Bonchev–Trinajstić information content (AvgIpc) is 2.72. The zero-order chi connectivity index (χ0) is 22.0. The van der Waals surface area contributed by atoms with E-state index in [9.17, 15) is 4.79 Å². The van der Waals surface area contributed by atoms with Crippen molar-refractivity contribution in [2.24, 2.45) is 5.92 Å². The van der Waals surface area contributed by atoms with Crippen molar-refractivity contribution in [3.05, 3.63) is 12.2 Å². The number of carboxylic acids is 1. The summed E-state index contributed by atoms with van der Waals surface area (Å²) in [5, 5.41) is 8.51. The number of unbranched alkanes of at least 4 members (excludes halogenated alkanes) is 12. The van der Waals surface area contributed by atoms with Crippen LogP contribution < -0.4 is 0 Å². The summed E-state index contributed by atoms with van der Waals surface area (Å²) in [6.45, 7) is 6.69. The van der Waals surface area contributed by atoms with E-state index >= 15 is 0 Å². The fraction of sp³-hybridized carbons (Fsp3) is 0.885. The Bertz CT molecular complexity index is 338. The van der Waals surface area contributed by atoms with E-state index in [4.69, 9.17) is 16.7 Å². The van der Waals surface area contributed by atoms with E-state index in [1.54, 1.807) is 0 Å². The van der Waals surface area contributed by atoms with E-state index < -0.39 is 5.97 Å². The van der Waals surface area contributed by atoms with Crippen LogP contribution in [0, 0.1) is 5.92 Å². The first-order valence-corrected chi connectivity index (χ1v) is 13.1. The summed E-state index contributed by atoms with van der Waals surface area (Å²) >= 11 is 5.70. The Kier molecular flexibility index (Phi) is 29.1. The second-order valence-corrected chi connectivity index (χ2v) is 8.61. The third-order valence-corrected chi connectivity index (χ3v) is 5.85. The molecule has 0 bridgehead atoms. The molecule has 1 atom stereocenters. The zero-order valence-electron chi connectivity index (χ0n) is 19.9. The fourth-order valence-electron chi connectivity index (χ4n) is 3.23. The van der Waals surface area contributed by atoms with Crippen molar-refractivity contribution in [2.75, 3.05) is 5.88 Å². The van der Waals surface area contributed by atoms with Crippen LogP contribution in [0.3, 0.4) is 0 Å². The topological polar surface area (TPSA) is 37.3 Å². The second-order valence-electron chi connectivity index (χ2n) is 8.30. The Labute approximate surface area is 187 Å². The Morgan fingerprint density at radius 2 is 1.24 bits per heavy atom. The lowest BCUT2D eigenvalue weighted by Crippen LogP contribution is -1.99. The van der Waals surface area contributed by atoms with Gasteiger partial charge >= 0.3 is 5.97 Å². The third kappa shape index (κ3) is 29.8. The Balaban J connectivity index is 0. The molecule has 0 aromatic heterocycles. The molecule has 0 heterocycles. The van der Waals surface area contributed by atoms with Crippen LogP contribution in [-0.2, 0) is 4.79 Å². The number of rotatable bonds is 20. The smallest absolute Gasteiger partial charge is 0.303 e. The maximum Gasteiger partial charge on any atom is 0.303 e. The van der Waals surface area contributed by atoms with Crippen molar-refractivity contribution in [2.45, 2.75) is 136 Å². The van der Waals surface area contributed by atoms with Crippen molar-refractivity contribution in [3.63, 3.8) is 0 Å². The van der Waals surface area contributed by atoms with E-state index in [0.29, 0.717) is 6.42 Å². The molecule has 0 aliphatic rings. The molecule has 29 heavy (non-hydrogen) atoms. The summed E-state index contributed by atoms with van der Waals surface area (Å²) in [4.78, 5) is 10.3. The Morgan fingerprint density at radius 3 is 1.69 bits per heavy atom. The highest BCUT2D eigenvalue weighted by molar-refractivity contribution is 6.18. The predicted molar refractivity (Wildman–Crippen MR) is 131 cm³/mol. The lowest BCUT2D eigenvalue weighted by atomic mass is 10.0. The molecule has 0 aliphatic carbocycles. The fourth-order valence-corrected chi connectivity index (χ4v) is 3.60. The zero-order valence-corrected chi connectivity index (χ0v) is 20.7. The molecule has 1 N–H and O–H groups in total. The van der Waals surface area contributed by atoms with Gasteiger partial charge in [-0.05, 0) is 44.4 Å². The number of allylic oxidation sites excluding steroid dienone is 2. The standard InChI is InChI=1S/C18H34O2.C8H17Cl/c1-2-3-4-5-6-7-8-9-10-11-12-13-14-15-16-17-18(19)20;1-3-5-6-8(4-2)7-9/h9-10H,2-8,11-17H2,1H3,(H,19,20);8H,3-7H2,1-2H3/b10-9-;. The van der Waals surface area contributed by atoms with E-state index in [1.165, 1.54) is 96.3 Å². The molecule has 1 unspecified atom stereocenters. The van der Waals surface area contributed by atoms with Crippen LogP contribution in [0.4, 0.5) is 0 Å². The largest absolute Gasteiger partial charge is 0.481 e. The van der Waals surface area contributed by atoms with Crippen LogP contribution in [0.2, 0.25) is 0 Å². The minimum absolute atomic E-state index is 0.332. The van der Waals surface area contributed by atoms with Gasteiger partial charge in [-0.1, -0.05) is 104 Å². The van der Waals surface area contributed by atoms with Gasteiger partial charge in [-0.3, -0.25) is 4.79 Å². The highest BCUT2D eigenvalue weighted by Crippen LogP contribution is 2.13. The molecule has 0 radical (unpaired) electrons. The van der Waals surface area contributed by atoms with Crippen molar-refractivity contribution in [3.8, 4) is 0 Å². The molecule has 0 spiro atoms. The van der Waals surface area contributed by atoms with Crippen LogP contribution in [0.1, 0.15) is 136 Å². The van der Waals surface area contributed by atoms with Gasteiger partial charge < -0.3 is 5.11 Å². The van der Waals surface area contributed by atoms with Gasteiger partial charge in [0.1, 0.15) is 0 Å². The maximum atomic E-state index is 10.3. The van der Waals surface area contributed by atoms with Gasteiger partial charge in [0, 0.05) is 12.3 Å². The minimum Gasteiger partial charge on any atom is -0.481 e. The van der Waals surface area contributed by atoms with Crippen molar-refractivity contribution in [1.29, 1.82) is 0 Å². The molecule has 3 heteroatoms. The van der Waals surface area contributed by atoms with Crippen molar-refractivity contribution >= 4 is 17.6 Å². The second kappa shape index (κ2) is 27.5. The molecular formula is C26H51ClO2. The molecule has 0 aliphatic heterocycles. The molecule has 0 rings (SSSR count). The first-order valence-electron chi connectivity index (χ1n) is 12.5. The highest BCUT2D eigenvalue weighted by atomic mass is 35.5. The number of hydrogen-bond donors (Lipinski definition) is 1. The molecule has 2 nitrogen and oxygen atoms in total. The summed E-state index contributed by atoms with van der Waals surface area (Å²) in [6, 6.07) is 0. The molecule has 0 fully saturated rings. The summed E-state index contributed by atoms with van der Waals surface area (Å²) in [6.07, 6.45) is 26.4.